The first-order chi connectivity index (χ1) is 24.4. The molecule has 2 nitrogen and oxygen atoms in total. The molecule has 0 atom stereocenters. The zero-order valence-electron chi connectivity index (χ0n) is 28.7. The summed E-state index contributed by atoms with van der Waals surface area (Å²) in [5, 5.41) is 8.08. The van der Waals surface area contributed by atoms with Crippen molar-refractivity contribution in [2.24, 2.45) is 0 Å². The first kappa shape index (κ1) is 37.3. The zero-order valence-corrected chi connectivity index (χ0v) is 33.6. The van der Waals surface area contributed by atoms with Crippen LogP contribution in [-0.4, -0.2) is 19.5 Å². The quantitative estimate of drug-likeness (QED) is 0.131. The molecule has 50 heavy (non-hydrogen) atoms. The maximum Gasteiger partial charge on any atom is 0.121 e. The second-order valence-electron chi connectivity index (χ2n) is 11.9. The van der Waals surface area contributed by atoms with Crippen LogP contribution < -0.4 is 10.4 Å². The summed E-state index contributed by atoms with van der Waals surface area (Å²) in [6, 6.07) is 50.9. The molecule has 2 heterocycles. The van der Waals surface area contributed by atoms with E-state index in [4.69, 9.17) is 17.0 Å². The SMILES string of the molecule is Cc1cc2c(-c3ccccn3)ccc(C)c2[cH-]1.Cc1cc2c(-c3ccccn3)ccc(C)c2[cH-]1.[Cl][Zr+2][Cl].c1ccc([Si]c2ccccc2)cc1. The minimum Gasteiger partial charge on any atom is -0.0631 e. The molecule has 0 N–H and O–H groups in total. The fourth-order valence-electron chi connectivity index (χ4n) is 5.88. The number of aromatic nitrogens is 2. The standard InChI is InChI=1S/2C16H14N.C12H10Si.2ClH.Zr/c2*1-11-9-14-12(2)6-7-13(15(14)10-11)16-5-3-4-8-17-16;1-3-7-11(8-4-1)13-12-9-5-2-6-10-12;;;/h2*3-10H,1-2H3;1-10H;2*1H;/q2*-1;;;;+4/p-2. The molecule has 0 saturated heterocycles. The molecule has 0 aliphatic rings. The molecule has 0 aliphatic carbocycles. The largest absolute Gasteiger partial charge is 0.121 e. The van der Waals surface area contributed by atoms with E-state index in [1.807, 2.05) is 36.7 Å². The third kappa shape index (κ3) is 10.1. The van der Waals surface area contributed by atoms with Gasteiger partial charge in [0.15, 0.2) is 0 Å². The van der Waals surface area contributed by atoms with E-state index in [2.05, 4.69) is 159 Å². The Kier molecular flexibility index (Phi) is 14.1. The van der Waals surface area contributed by atoms with Crippen LogP contribution in [0.1, 0.15) is 22.3 Å². The van der Waals surface area contributed by atoms with E-state index in [0.717, 1.165) is 20.9 Å². The molecule has 0 fully saturated rings. The average molecular weight is 785 g/mol. The summed E-state index contributed by atoms with van der Waals surface area (Å²) in [5.74, 6) is 0. The van der Waals surface area contributed by atoms with Gasteiger partial charge in [-0.1, -0.05) is 123 Å². The zero-order chi connectivity index (χ0) is 35.3. The molecule has 8 rings (SSSR count). The van der Waals surface area contributed by atoms with E-state index >= 15 is 0 Å². The topological polar surface area (TPSA) is 25.8 Å². The number of halogens is 2. The van der Waals surface area contributed by atoms with Crippen molar-refractivity contribution in [1.82, 2.24) is 9.97 Å². The molecule has 0 amide bonds. The summed E-state index contributed by atoms with van der Waals surface area (Å²) in [6.07, 6.45) is 3.69. The first-order valence-corrected chi connectivity index (χ1v) is 23.7. The van der Waals surface area contributed by atoms with E-state index < -0.39 is 20.8 Å². The first-order valence-electron chi connectivity index (χ1n) is 16.4. The van der Waals surface area contributed by atoms with Crippen LogP contribution in [0.3, 0.4) is 0 Å². The van der Waals surface area contributed by atoms with Gasteiger partial charge in [-0.05, 0) is 35.4 Å². The molecule has 246 valence electrons. The molecule has 0 aliphatic heterocycles. The van der Waals surface area contributed by atoms with Gasteiger partial charge < -0.3 is 0 Å². The van der Waals surface area contributed by atoms with Crippen LogP contribution >= 0.6 is 17.0 Å². The summed E-state index contributed by atoms with van der Waals surface area (Å²) in [6.45, 7) is 8.59. The maximum atomic E-state index is 4.93. The third-order valence-corrected chi connectivity index (χ3v) is 9.46. The van der Waals surface area contributed by atoms with E-state index in [0.29, 0.717) is 0 Å². The van der Waals surface area contributed by atoms with Gasteiger partial charge in [-0.25, -0.2) is 0 Å². The Labute approximate surface area is 317 Å². The van der Waals surface area contributed by atoms with E-state index in [1.165, 1.54) is 65.3 Å². The monoisotopic (exact) mass is 782 g/mol. The molecular formula is C44H38Cl2N2SiZr. The number of fused-ring (bicyclic) bond motifs is 2. The Morgan fingerprint density at radius 2 is 0.880 bits per heavy atom. The van der Waals surface area contributed by atoms with Crippen molar-refractivity contribution < 1.29 is 20.8 Å². The number of pyridine rings is 2. The van der Waals surface area contributed by atoms with Gasteiger partial charge in [0, 0.05) is 12.4 Å². The number of nitrogens with zero attached hydrogens (tertiary/aromatic N) is 2. The Balaban J connectivity index is 0.000000142. The van der Waals surface area contributed by atoms with Gasteiger partial charge in [-0.15, -0.1) is 68.1 Å². The van der Waals surface area contributed by atoms with Crippen LogP contribution in [0.5, 0.6) is 0 Å². The van der Waals surface area contributed by atoms with Crippen molar-refractivity contribution >= 4 is 58.5 Å². The molecule has 2 radical (unpaired) electrons. The summed E-state index contributed by atoms with van der Waals surface area (Å²) in [7, 11) is 10.6. The van der Waals surface area contributed by atoms with Crippen molar-refractivity contribution in [3.8, 4) is 22.5 Å². The smallest absolute Gasteiger partial charge is 0.0631 e. The number of rotatable bonds is 4. The van der Waals surface area contributed by atoms with Crippen LogP contribution in [0.25, 0.3) is 44.1 Å². The van der Waals surface area contributed by atoms with Gasteiger partial charge in [0.2, 0.25) is 0 Å². The molecule has 0 saturated carbocycles. The Bertz CT molecular complexity index is 2060. The van der Waals surface area contributed by atoms with Crippen molar-refractivity contribution in [2.75, 3.05) is 0 Å². The number of aryl methyl sites for hydroxylation is 4. The van der Waals surface area contributed by atoms with Crippen molar-refractivity contribution in [3.63, 3.8) is 0 Å². The van der Waals surface area contributed by atoms with Crippen LogP contribution in [0.15, 0.2) is 158 Å². The van der Waals surface area contributed by atoms with Gasteiger partial charge in [0.25, 0.3) is 0 Å². The Morgan fingerprint density at radius 1 is 0.500 bits per heavy atom. The van der Waals surface area contributed by atoms with Gasteiger partial charge in [0.1, 0.15) is 9.52 Å². The maximum absolute atomic E-state index is 4.93. The van der Waals surface area contributed by atoms with Crippen LogP contribution in [0, 0.1) is 27.7 Å². The Hall–Kier alpha value is -3.92. The second-order valence-corrected chi connectivity index (χ2v) is 17.1. The summed E-state index contributed by atoms with van der Waals surface area (Å²) in [5.41, 5.74) is 9.81. The summed E-state index contributed by atoms with van der Waals surface area (Å²) >= 11 is -0.826. The molecule has 6 heteroatoms. The van der Waals surface area contributed by atoms with Crippen molar-refractivity contribution in [2.45, 2.75) is 27.7 Å². The van der Waals surface area contributed by atoms with Crippen LogP contribution in [0.2, 0.25) is 0 Å². The van der Waals surface area contributed by atoms with Crippen molar-refractivity contribution in [1.29, 1.82) is 0 Å². The van der Waals surface area contributed by atoms with Crippen molar-refractivity contribution in [3.05, 3.63) is 180 Å². The number of hydrogen-bond acceptors (Lipinski definition) is 2. The predicted molar refractivity (Wildman–Crippen MR) is 214 cm³/mol. The minimum atomic E-state index is -0.826. The molecular weight excluding hydrogens is 747 g/mol. The van der Waals surface area contributed by atoms with Gasteiger partial charge in [-0.2, -0.15) is 12.1 Å². The van der Waals surface area contributed by atoms with Gasteiger partial charge in [-0.3, -0.25) is 9.97 Å². The molecule has 0 spiro atoms. The molecule has 8 aromatic rings. The van der Waals surface area contributed by atoms with E-state index in [1.54, 1.807) is 0 Å². The van der Waals surface area contributed by atoms with E-state index in [9.17, 15) is 0 Å². The fourth-order valence-corrected chi connectivity index (χ4v) is 6.93. The average Bonchev–Trinajstić information content (AvgIpc) is 3.74. The predicted octanol–water partition coefficient (Wildman–Crippen LogP) is 11.2. The molecule has 0 bridgehead atoms. The summed E-state index contributed by atoms with van der Waals surface area (Å²) < 4.78 is 0. The van der Waals surface area contributed by atoms with E-state index in [-0.39, 0.29) is 0 Å². The number of hydrogen-bond donors (Lipinski definition) is 0. The number of benzene rings is 4. The summed E-state index contributed by atoms with van der Waals surface area (Å²) in [4.78, 5) is 8.88. The van der Waals surface area contributed by atoms with Gasteiger partial charge >= 0.3 is 37.9 Å². The Morgan fingerprint density at radius 3 is 1.24 bits per heavy atom. The van der Waals surface area contributed by atoms with Crippen LogP contribution in [-0.2, 0) is 20.8 Å². The molecule has 0 unspecified atom stereocenters. The van der Waals surface area contributed by atoms with Crippen LogP contribution in [0.4, 0.5) is 0 Å². The minimum absolute atomic E-state index is 0.777. The van der Waals surface area contributed by atoms with Gasteiger partial charge in [0.05, 0.1) is 11.4 Å². The molecule has 2 aromatic heterocycles. The third-order valence-electron chi connectivity index (χ3n) is 8.22. The second kappa shape index (κ2) is 18.9. The normalized spacial score (nSPS) is 10.2. The molecule has 6 aromatic carbocycles. The fraction of sp³-hybridized carbons (Fsp3) is 0.0909.